The van der Waals surface area contributed by atoms with Gasteiger partial charge in [0.15, 0.2) is 5.79 Å². The minimum atomic E-state index is -0.692. The summed E-state index contributed by atoms with van der Waals surface area (Å²) in [6, 6.07) is 0. The number of aliphatic hydroxyl groups is 1. The van der Waals surface area contributed by atoms with Crippen molar-refractivity contribution in [3.63, 3.8) is 0 Å². The molecule has 1 fully saturated rings. The first kappa shape index (κ1) is 9.64. The Labute approximate surface area is 71.5 Å². The van der Waals surface area contributed by atoms with Crippen molar-refractivity contribution in [3.8, 4) is 0 Å². The van der Waals surface area contributed by atoms with Crippen molar-refractivity contribution >= 4 is 6.29 Å². The molecule has 4 heteroatoms. The largest absolute Gasteiger partial charge is 0.392 e. The Morgan fingerprint density at radius 2 is 2.17 bits per heavy atom. The molecule has 1 saturated heterocycles. The van der Waals surface area contributed by atoms with E-state index in [2.05, 4.69) is 0 Å². The number of rotatable bonds is 4. The third-order valence-electron chi connectivity index (χ3n) is 1.87. The number of aliphatic hydroxyl groups excluding tert-OH is 1. The Bertz CT molecular complexity index is 151. The van der Waals surface area contributed by atoms with E-state index in [1.807, 2.05) is 0 Å². The van der Waals surface area contributed by atoms with Gasteiger partial charge >= 0.3 is 0 Å². The van der Waals surface area contributed by atoms with Gasteiger partial charge in [-0.15, -0.1) is 0 Å². The van der Waals surface area contributed by atoms with E-state index in [0.29, 0.717) is 25.9 Å². The highest BCUT2D eigenvalue weighted by Gasteiger charge is 2.33. The van der Waals surface area contributed by atoms with Gasteiger partial charge in [-0.1, -0.05) is 0 Å². The third-order valence-corrected chi connectivity index (χ3v) is 1.87. The Balaban J connectivity index is 2.32. The monoisotopic (exact) mass is 174 g/mol. The molecule has 1 aliphatic heterocycles. The zero-order valence-electron chi connectivity index (χ0n) is 7.16. The van der Waals surface area contributed by atoms with Crippen LogP contribution in [-0.4, -0.2) is 36.5 Å². The minimum Gasteiger partial charge on any atom is -0.392 e. The van der Waals surface area contributed by atoms with Crippen LogP contribution in [-0.2, 0) is 14.3 Å². The van der Waals surface area contributed by atoms with Gasteiger partial charge in [-0.2, -0.15) is 0 Å². The van der Waals surface area contributed by atoms with Gasteiger partial charge in [0.1, 0.15) is 6.29 Å². The molecule has 0 aromatic heterocycles. The van der Waals surface area contributed by atoms with E-state index < -0.39 is 11.9 Å². The lowest BCUT2D eigenvalue weighted by atomic mass is 10.1. The van der Waals surface area contributed by atoms with E-state index in [1.54, 1.807) is 6.92 Å². The van der Waals surface area contributed by atoms with Crippen LogP contribution in [0.1, 0.15) is 19.8 Å². The average molecular weight is 174 g/mol. The Kier molecular flexibility index (Phi) is 3.20. The predicted molar refractivity (Wildman–Crippen MR) is 41.6 cm³/mol. The molecule has 0 spiro atoms. The van der Waals surface area contributed by atoms with Crippen LogP contribution in [0.2, 0.25) is 0 Å². The molecule has 70 valence electrons. The van der Waals surface area contributed by atoms with Gasteiger partial charge in [0.25, 0.3) is 0 Å². The second-order valence-electron chi connectivity index (χ2n) is 3.09. The molecule has 0 radical (unpaired) electrons. The van der Waals surface area contributed by atoms with Crippen LogP contribution in [0, 0.1) is 0 Å². The SMILES string of the molecule is CC1(CC(O)CC=O)OCCO1. The zero-order chi connectivity index (χ0) is 9.03. The molecular formula is C8H14O4. The molecule has 0 aromatic carbocycles. The Hall–Kier alpha value is -0.450. The summed E-state index contributed by atoms with van der Waals surface area (Å²) in [5.41, 5.74) is 0. The molecule has 0 aliphatic carbocycles. The van der Waals surface area contributed by atoms with Crippen LogP contribution >= 0.6 is 0 Å². The summed E-state index contributed by atoms with van der Waals surface area (Å²) in [4.78, 5) is 10.1. The topological polar surface area (TPSA) is 55.8 Å². The van der Waals surface area contributed by atoms with Crippen LogP contribution in [0.5, 0.6) is 0 Å². The fourth-order valence-corrected chi connectivity index (χ4v) is 1.30. The molecular weight excluding hydrogens is 160 g/mol. The highest BCUT2D eigenvalue weighted by atomic mass is 16.7. The van der Waals surface area contributed by atoms with E-state index in [1.165, 1.54) is 0 Å². The molecule has 1 N–H and O–H groups in total. The van der Waals surface area contributed by atoms with E-state index in [-0.39, 0.29) is 6.42 Å². The average Bonchev–Trinajstić information content (AvgIpc) is 2.36. The number of hydrogen-bond acceptors (Lipinski definition) is 4. The van der Waals surface area contributed by atoms with Crippen LogP contribution in [0.25, 0.3) is 0 Å². The van der Waals surface area contributed by atoms with Gasteiger partial charge in [-0.05, 0) is 6.92 Å². The number of aldehydes is 1. The smallest absolute Gasteiger partial charge is 0.168 e. The number of carbonyl (C=O) groups is 1. The molecule has 0 aromatic rings. The molecule has 1 aliphatic rings. The summed E-state index contributed by atoms with van der Waals surface area (Å²) in [6.07, 6.45) is 0.530. The molecule has 0 amide bonds. The maximum atomic E-state index is 10.1. The van der Waals surface area contributed by atoms with Crippen LogP contribution < -0.4 is 0 Å². The van der Waals surface area contributed by atoms with Crippen molar-refractivity contribution in [2.45, 2.75) is 31.7 Å². The Morgan fingerprint density at radius 3 is 2.67 bits per heavy atom. The fourth-order valence-electron chi connectivity index (χ4n) is 1.30. The van der Waals surface area contributed by atoms with Crippen LogP contribution in [0.3, 0.4) is 0 Å². The molecule has 1 heterocycles. The number of hydrogen-bond donors (Lipinski definition) is 1. The summed E-state index contributed by atoms with van der Waals surface area (Å²) < 4.78 is 10.5. The van der Waals surface area contributed by atoms with Crippen LogP contribution in [0.15, 0.2) is 0 Å². The molecule has 1 unspecified atom stereocenters. The summed E-state index contributed by atoms with van der Waals surface area (Å²) in [6.45, 7) is 2.89. The maximum Gasteiger partial charge on any atom is 0.168 e. The summed E-state index contributed by atoms with van der Waals surface area (Å²) in [7, 11) is 0. The maximum absolute atomic E-state index is 10.1. The highest BCUT2D eigenvalue weighted by molar-refractivity contribution is 5.50. The lowest BCUT2D eigenvalue weighted by molar-refractivity contribution is -0.163. The molecule has 1 rings (SSSR count). The normalized spacial score (nSPS) is 23.8. The highest BCUT2D eigenvalue weighted by Crippen LogP contribution is 2.24. The predicted octanol–water partition coefficient (Wildman–Crippen LogP) is 0.0894. The molecule has 12 heavy (non-hydrogen) atoms. The summed E-state index contributed by atoms with van der Waals surface area (Å²) in [5, 5.41) is 9.28. The Morgan fingerprint density at radius 1 is 1.58 bits per heavy atom. The van der Waals surface area contributed by atoms with E-state index >= 15 is 0 Å². The quantitative estimate of drug-likeness (QED) is 0.614. The molecule has 4 nitrogen and oxygen atoms in total. The second kappa shape index (κ2) is 3.98. The van der Waals surface area contributed by atoms with Crippen molar-refractivity contribution in [1.82, 2.24) is 0 Å². The first-order valence-corrected chi connectivity index (χ1v) is 4.06. The standard InChI is InChI=1S/C8H14O4/c1-8(11-4-5-12-8)6-7(10)2-3-9/h3,7,10H,2,4-6H2,1H3. The van der Waals surface area contributed by atoms with Crippen molar-refractivity contribution in [3.05, 3.63) is 0 Å². The van der Waals surface area contributed by atoms with Gasteiger partial charge in [-0.25, -0.2) is 0 Å². The van der Waals surface area contributed by atoms with E-state index in [0.717, 1.165) is 0 Å². The summed E-state index contributed by atoms with van der Waals surface area (Å²) in [5.74, 6) is -0.692. The van der Waals surface area contributed by atoms with Crippen molar-refractivity contribution in [1.29, 1.82) is 0 Å². The minimum absolute atomic E-state index is 0.141. The van der Waals surface area contributed by atoms with E-state index in [4.69, 9.17) is 9.47 Å². The van der Waals surface area contributed by atoms with Crippen LogP contribution in [0.4, 0.5) is 0 Å². The van der Waals surface area contributed by atoms with Gasteiger partial charge < -0.3 is 19.4 Å². The zero-order valence-corrected chi connectivity index (χ0v) is 7.16. The number of carbonyl (C=O) groups excluding carboxylic acids is 1. The molecule has 0 bridgehead atoms. The van der Waals surface area contributed by atoms with Crippen molar-refractivity contribution in [2.75, 3.05) is 13.2 Å². The van der Waals surface area contributed by atoms with Gasteiger partial charge in [0.05, 0.1) is 19.3 Å². The lowest BCUT2D eigenvalue weighted by Crippen LogP contribution is -2.31. The molecule has 0 saturated carbocycles. The summed E-state index contributed by atoms with van der Waals surface area (Å²) >= 11 is 0. The number of ether oxygens (including phenoxy) is 2. The van der Waals surface area contributed by atoms with E-state index in [9.17, 15) is 9.90 Å². The van der Waals surface area contributed by atoms with Crippen molar-refractivity contribution in [2.24, 2.45) is 0 Å². The van der Waals surface area contributed by atoms with Crippen molar-refractivity contribution < 1.29 is 19.4 Å². The first-order valence-electron chi connectivity index (χ1n) is 4.06. The van der Waals surface area contributed by atoms with Gasteiger partial charge in [0, 0.05) is 12.8 Å². The van der Waals surface area contributed by atoms with Gasteiger partial charge in [-0.3, -0.25) is 0 Å². The lowest BCUT2D eigenvalue weighted by Gasteiger charge is -2.24. The van der Waals surface area contributed by atoms with Gasteiger partial charge in [0.2, 0.25) is 0 Å². The second-order valence-corrected chi connectivity index (χ2v) is 3.09. The fraction of sp³-hybridized carbons (Fsp3) is 0.875. The first-order chi connectivity index (χ1) is 5.66. The third kappa shape index (κ3) is 2.55. The molecule has 1 atom stereocenters.